The molecule has 0 aliphatic rings. The van der Waals surface area contributed by atoms with E-state index in [0.717, 1.165) is 12.1 Å². The second-order valence-corrected chi connectivity index (χ2v) is 3.88. The van der Waals surface area contributed by atoms with Gasteiger partial charge in [0.05, 0.1) is 4.92 Å². The summed E-state index contributed by atoms with van der Waals surface area (Å²) >= 11 is 0. The molecule has 2 rings (SSSR count). The number of halogens is 2. The molecule has 0 N–H and O–H groups in total. The molecule has 0 unspecified atom stereocenters. The van der Waals surface area contributed by atoms with Gasteiger partial charge in [-0.25, -0.2) is 8.78 Å². The molecule has 0 aromatic heterocycles. The van der Waals surface area contributed by atoms with Gasteiger partial charge in [0.1, 0.15) is 11.6 Å². The third-order valence-electron chi connectivity index (χ3n) is 2.48. The van der Waals surface area contributed by atoms with Gasteiger partial charge in [-0.2, -0.15) is 0 Å². The van der Waals surface area contributed by atoms with E-state index in [2.05, 4.69) is 0 Å². The average molecular weight is 265 g/mol. The lowest BCUT2D eigenvalue weighted by molar-refractivity contribution is -0.384. The summed E-state index contributed by atoms with van der Waals surface area (Å²) < 4.78 is 31.4. The SMILES string of the molecule is Cc1cc([N+](=O)[O-])ccc1Oc1ccc(F)cc1F. The first-order valence-electron chi connectivity index (χ1n) is 5.35. The highest BCUT2D eigenvalue weighted by Gasteiger charge is 2.11. The van der Waals surface area contributed by atoms with Crippen LogP contribution in [0.25, 0.3) is 0 Å². The van der Waals surface area contributed by atoms with Crippen LogP contribution in [0.2, 0.25) is 0 Å². The van der Waals surface area contributed by atoms with Crippen LogP contribution < -0.4 is 4.74 Å². The van der Waals surface area contributed by atoms with E-state index >= 15 is 0 Å². The highest BCUT2D eigenvalue weighted by Crippen LogP contribution is 2.29. The van der Waals surface area contributed by atoms with E-state index in [1.54, 1.807) is 6.92 Å². The Balaban J connectivity index is 2.31. The van der Waals surface area contributed by atoms with Gasteiger partial charge in [-0.3, -0.25) is 10.1 Å². The fourth-order valence-corrected chi connectivity index (χ4v) is 1.54. The van der Waals surface area contributed by atoms with Crippen LogP contribution >= 0.6 is 0 Å². The molecule has 2 aromatic carbocycles. The second-order valence-electron chi connectivity index (χ2n) is 3.88. The molecule has 98 valence electrons. The number of nitrogens with zero attached hydrogens (tertiary/aromatic N) is 1. The maximum atomic E-state index is 13.4. The largest absolute Gasteiger partial charge is 0.454 e. The van der Waals surface area contributed by atoms with Crippen molar-refractivity contribution in [2.24, 2.45) is 0 Å². The summed E-state index contributed by atoms with van der Waals surface area (Å²) in [5, 5.41) is 10.6. The lowest BCUT2D eigenvalue weighted by Crippen LogP contribution is -1.93. The molecule has 0 amide bonds. The van der Waals surface area contributed by atoms with Crippen molar-refractivity contribution in [3.05, 3.63) is 63.7 Å². The lowest BCUT2D eigenvalue weighted by atomic mass is 10.2. The predicted molar refractivity (Wildman–Crippen MR) is 64.3 cm³/mol. The van der Waals surface area contributed by atoms with E-state index < -0.39 is 16.6 Å². The number of non-ortho nitro benzene ring substituents is 1. The van der Waals surface area contributed by atoms with Crippen molar-refractivity contribution in [1.29, 1.82) is 0 Å². The summed E-state index contributed by atoms with van der Waals surface area (Å²) in [4.78, 5) is 10.0. The standard InChI is InChI=1S/C13H9F2NO3/c1-8-6-10(16(17)18)3-5-12(8)19-13-4-2-9(14)7-11(13)15/h2-7H,1H3. The fraction of sp³-hybridized carbons (Fsp3) is 0.0769. The number of nitro groups is 1. The van der Waals surface area contributed by atoms with Crippen LogP contribution in [0.1, 0.15) is 5.56 Å². The molecule has 0 atom stereocenters. The van der Waals surface area contributed by atoms with Gasteiger partial charge >= 0.3 is 0 Å². The van der Waals surface area contributed by atoms with E-state index in [1.165, 1.54) is 18.2 Å². The van der Waals surface area contributed by atoms with Crippen molar-refractivity contribution in [3.63, 3.8) is 0 Å². The molecule has 2 aromatic rings. The molecule has 0 saturated heterocycles. The Morgan fingerprint density at radius 3 is 2.37 bits per heavy atom. The minimum absolute atomic E-state index is 0.0792. The van der Waals surface area contributed by atoms with Gasteiger partial charge in [-0.15, -0.1) is 0 Å². The van der Waals surface area contributed by atoms with Crippen LogP contribution in [0.4, 0.5) is 14.5 Å². The summed E-state index contributed by atoms with van der Waals surface area (Å²) in [6, 6.07) is 6.87. The summed E-state index contributed by atoms with van der Waals surface area (Å²) in [6.07, 6.45) is 0. The number of hydrogen-bond donors (Lipinski definition) is 0. The van der Waals surface area contributed by atoms with Gasteiger partial charge in [0.2, 0.25) is 0 Å². The van der Waals surface area contributed by atoms with Crippen molar-refractivity contribution in [1.82, 2.24) is 0 Å². The number of nitro benzene ring substituents is 1. The normalized spacial score (nSPS) is 10.3. The van der Waals surface area contributed by atoms with Gasteiger partial charge in [-0.1, -0.05) is 0 Å². The zero-order valence-electron chi connectivity index (χ0n) is 9.89. The number of hydrogen-bond acceptors (Lipinski definition) is 3. The van der Waals surface area contributed by atoms with Gasteiger partial charge in [0, 0.05) is 18.2 Å². The molecule has 0 heterocycles. The van der Waals surface area contributed by atoms with Crippen molar-refractivity contribution in [2.45, 2.75) is 6.92 Å². The smallest absolute Gasteiger partial charge is 0.269 e. The Morgan fingerprint density at radius 1 is 1.11 bits per heavy atom. The maximum Gasteiger partial charge on any atom is 0.269 e. The first-order valence-corrected chi connectivity index (χ1v) is 5.35. The minimum Gasteiger partial charge on any atom is -0.454 e. The fourth-order valence-electron chi connectivity index (χ4n) is 1.54. The predicted octanol–water partition coefficient (Wildman–Crippen LogP) is 3.97. The average Bonchev–Trinajstić information content (AvgIpc) is 2.34. The third kappa shape index (κ3) is 2.85. The summed E-state index contributed by atoms with van der Waals surface area (Å²) in [6.45, 7) is 1.60. The van der Waals surface area contributed by atoms with E-state index in [1.807, 2.05) is 0 Å². The molecule has 0 aliphatic heterocycles. The van der Waals surface area contributed by atoms with Crippen LogP contribution in [-0.2, 0) is 0 Å². The molecule has 6 heteroatoms. The highest BCUT2D eigenvalue weighted by atomic mass is 19.1. The third-order valence-corrected chi connectivity index (χ3v) is 2.48. The summed E-state index contributed by atoms with van der Waals surface area (Å²) in [5.74, 6) is -1.41. The van der Waals surface area contributed by atoms with Crippen LogP contribution in [0, 0.1) is 28.7 Å². The molecular weight excluding hydrogens is 256 g/mol. The molecule has 0 fully saturated rings. The first-order chi connectivity index (χ1) is 8.97. The van der Waals surface area contributed by atoms with Gasteiger partial charge in [0.25, 0.3) is 5.69 Å². The van der Waals surface area contributed by atoms with Crippen molar-refractivity contribution in [3.8, 4) is 11.5 Å². The molecule has 19 heavy (non-hydrogen) atoms. The van der Waals surface area contributed by atoms with Crippen LogP contribution in [0.15, 0.2) is 36.4 Å². The molecule has 0 saturated carbocycles. The number of aryl methyl sites for hydroxylation is 1. The highest BCUT2D eigenvalue weighted by molar-refractivity contribution is 5.45. The van der Waals surface area contributed by atoms with Gasteiger partial charge < -0.3 is 4.74 Å². The minimum atomic E-state index is -0.835. The molecule has 0 bridgehead atoms. The monoisotopic (exact) mass is 265 g/mol. The molecule has 0 aliphatic carbocycles. The van der Waals surface area contributed by atoms with E-state index in [-0.39, 0.29) is 17.2 Å². The Hall–Kier alpha value is -2.50. The second kappa shape index (κ2) is 5.01. The first kappa shape index (κ1) is 12.9. The van der Waals surface area contributed by atoms with E-state index in [4.69, 9.17) is 4.74 Å². The van der Waals surface area contributed by atoms with E-state index in [9.17, 15) is 18.9 Å². The quantitative estimate of drug-likeness (QED) is 0.623. The van der Waals surface area contributed by atoms with Gasteiger partial charge in [0.15, 0.2) is 11.6 Å². The van der Waals surface area contributed by atoms with Gasteiger partial charge in [-0.05, 0) is 30.7 Å². The molecule has 4 nitrogen and oxygen atoms in total. The Bertz CT molecular complexity index is 644. The Labute approximate surface area is 107 Å². The summed E-state index contributed by atoms with van der Waals surface area (Å²) in [5.41, 5.74) is 0.405. The van der Waals surface area contributed by atoms with Crippen LogP contribution in [0.3, 0.4) is 0 Å². The molecule has 0 spiro atoms. The van der Waals surface area contributed by atoms with Crippen molar-refractivity contribution in [2.75, 3.05) is 0 Å². The maximum absolute atomic E-state index is 13.4. The zero-order valence-corrected chi connectivity index (χ0v) is 9.89. The Kier molecular flexibility index (Phi) is 3.41. The van der Waals surface area contributed by atoms with E-state index in [0.29, 0.717) is 11.6 Å². The topological polar surface area (TPSA) is 52.4 Å². The summed E-state index contributed by atoms with van der Waals surface area (Å²) in [7, 11) is 0. The van der Waals surface area contributed by atoms with Crippen LogP contribution in [-0.4, -0.2) is 4.92 Å². The Morgan fingerprint density at radius 2 is 1.79 bits per heavy atom. The molecule has 0 radical (unpaired) electrons. The molecular formula is C13H9F2NO3. The van der Waals surface area contributed by atoms with Crippen molar-refractivity contribution >= 4 is 5.69 Å². The number of benzene rings is 2. The number of ether oxygens (including phenoxy) is 1. The van der Waals surface area contributed by atoms with Crippen molar-refractivity contribution < 1.29 is 18.4 Å². The number of rotatable bonds is 3. The van der Waals surface area contributed by atoms with Crippen LogP contribution in [0.5, 0.6) is 11.5 Å². The zero-order chi connectivity index (χ0) is 14.0. The lowest BCUT2D eigenvalue weighted by Gasteiger charge is -2.09.